The Hall–Kier alpha value is 2.02. The number of halogens is 3. The Morgan fingerprint density at radius 2 is 1.71 bits per heavy atom. The molecule has 1 unspecified atom stereocenters. The van der Waals surface area contributed by atoms with E-state index in [-0.39, 0.29) is 94.8 Å². The minimum atomic E-state index is -0.353. The number of fused-ring (bicyclic) bond motifs is 1. The van der Waals surface area contributed by atoms with Crippen molar-refractivity contribution in [3.05, 3.63) is 41.5 Å². The summed E-state index contributed by atoms with van der Waals surface area (Å²) in [4.78, 5) is 0. The first-order chi connectivity index (χ1) is 5.42. The standard InChI is InChI=1S/C9H7.CH3.Hf.3HI/c1-2-5-9-7-3-6-8(9)4-1;;;;;/h1-7H;1H3;;3*1H. The van der Waals surface area contributed by atoms with Gasteiger partial charge in [0, 0.05) is 0 Å². The van der Waals surface area contributed by atoms with E-state index in [0.717, 1.165) is 3.67 Å². The summed E-state index contributed by atoms with van der Waals surface area (Å²) >= 11 is -0.353. The molecule has 0 radical (unpaired) electrons. The van der Waals surface area contributed by atoms with Gasteiger partial charge in [-0.2, -0.15) is 0 Å². The van der Waals surface area contributed by atoms with Gasteiger partial charge in [0.15, 0.2) is 0 Å². The van der Waals surface area contributed by atoms with Crippen molar-refractivity contribution < 1.29 is 22.9 Å². The quantitative estimate of drug-likeness (QED) is 0.295. The van der Waals surface area contributed by atoms with Crippen molar-refractivity contribution in [2.45, 2.75) is 8.35 Å². The second-order valence-corrected chi connectivity index (χ2v) is 7.06. The molecule has 0 spiro atoms. The zero-order valence-electron chi connectivity index (χ0n) is 7.77. The van der Waals surface area contributed by atoms with Crippen LogP contribution >= 0.6 is 71.9 Å². The second-order valence-electron chi connectivity index (χ2n) is 2.75. The Morgan fingerprint density at radius 1 is 1.07 bits per heavy atom. The summed E-state index contributed by atoms with van der Waals surface area (Å²) in [5, 5.41) is 0. The van der Waals surface area contributed by atoms with Gasteiger partial charge in [0.05, 0.1) is 0 Å². The number of benzene rings is 1. The average Bonchev–Trinajstić information content (AvgIpc) is 2.47. The van der Waals surface area contributed by atoms with Crippen LogP contribution < -0.4 is 0 Å². The first-order valence-corrected chi connectivity index (χ1v) is 9.53. The molecule has 2 rings (SSSR count). The van der Waals surface area contributed by atoms with Crippen molar-refractivity contribution >= 4 is 78.0 Å². The van der Waals surface area contributed by atoms with Gasteiger partial charge in [0.2, 0.25) is 0 Å². The fraction of sp³-hybridized carbons (Fsp3) is 0.200. The minimum absolute atomic E-state index is 0. The van der Waals surface area contributed by atoms with E-state index in [4.69, 9.17) is 0 Å². The third-order valence-electron chi connectivity index (χ3n) is 2.11. The van der Waals surface area contributed by atoms with Crippen LogP contribution in [0.5, 0.6) is 0 Å². The molecule has 0 nitrogen and oxygen atoms in total. The predicted octanol–water partition coefficient (Wildman–Crippen LogP) is 4.74. The van der Waals surface area contributed by atoms with Crippen molar-refractivity contribution in [2.24, 2.45) is 0 Å². The van der Waals surface area contributed by atoms with Gasteiger partial charge in [-0.05, 0) is 0 Å². The average molecular weight is 692 g/mol. The molecular weight excluding hydrogens is 679 g/mol. The first kappa shape index (κ1) is 18.4. The molecular formula is C10H13HfI3. The van der Waals surface area contributed by atoms with E-state index in [9.17, 15) is 0 Å². The Kier molecular flexibility index (Phi) is 11.9. The molecule has 1 aliphatic carbocycles. The van der Waals surface area contributed by atoms with Gasteiger partial charge in [-0.15, -0.1) is 71.9 Å². The number of allylic oxidation sites excluding steroid dienone is 1. The zero-order valence-corrected chi connectivity index (χ0v) is 18.3. The van der Waals surface area contributed by atoms with Crippen molar-refractivity contribution in [2.75, 3.05) is 0 Å². The van der Waals surface area contributed by atoms with Crippen LogP contribution in [0.25, 0.3) is 6.08 Å². The van der Waals surface area contributed by atoms with Gasteiger partial charge < -0.3 is 0 Å². The Morgan fingerprint density at radius 3 is 2.36 bits per heavy atom. The molecule has 0 fully saturated rings. The molecule has 78 valence electrons. The van der Waals surface area contributed by atoms with Crippen molar-refractivity contribution in [1.82, 2.24) is 0 Å². The number of rotatable bonds is 1. The summed E-state index contributed by atoms with van der Waals surface area (Å²) in [7, 11) is 0. The molecule has 14 heavy (non-hydrogen) atoms. The van der Waals surface area contributed by atoms with Crippen LogP contribution in [-0.4, -0.2) is 0 Å². The summed E-state index contributed by atoms with van der Waals surface area (Å²) < 4.78 is 3.29. The molecule has 1 aliphatic rings. The summed E-state index contributed by atoms with van der Waals surface area (Å²) in [5.74, 6) is 0. The van der Waals surface area contributed by atoms with E-state index in [2.05, 4.69) is 41.1 Å². The SMILES string of the molecule is I.I.I.[CH3][Hf][CH]1C=Cc2ccccc21. The van der Waals surface area contributed by atoms with E-state index in [0.29, 0.717) is 0 Å². The predicted molar refractivity (Wildman–Crippen MR) is 90.3 cm³/mol. The summed E-state index contributed by atoms with van der Waals surface area (Å²) in [6.07, 6.45) is 4.66. The molecule has 1 atom stereocenters. The molecule has 4 heteroatoms. The van der Waals surface area contributed by atoms with Crippen LogP contribution in [0.1, 0.15) is 14.8 Å². The van der Waals surface area contributed by atoms with Gasteiger partial charge in [0.1, 0.15) is 0 Å². The molecule has 0 saturated carbocycles. The van der Waals surface area contributed by atoms with E-state index >= 15 is 0 Å². The fourth-order valence-electron chi connectivity index (χ4n) is 1.50. The van der Waals surface area contributed by atoms with E-state index in [1.165, 1.54) is 5.56 Å². The number of hydrogen-bond acceptors (Lipinski definition) is 0. The molecule has 0 heterocycles. The molecule has 0 saturated heterocycles. The second kappa shape index (κ2) is 9.09. The van der Waals surface area contributed by atoms with Gasteiger partial charge >= 0.3 is 78.8 Å². The zero-order chi connectivity index (χ0) is 7.68. The summed E-state index contributed by atoms with van der Waals surface area (Å²) in [5.41, 5.74) is 3.03. The molecule has 1 aromatic rings. The molecule has 0 amide bonds. The van der Waals surface area contributed by atoms with E-state index < -0.39 is 0 Å². The van der Waals surface area contributed by atoms with Gasteiger partial charge in [-0.25, -0.2) is 0 Å². The maximum atomic E-state index is 2.43. The molecule has 0 N–H and O–H groups in total. The molecule has 0 bridgehead atoms. The maximum absolute atomic E-state index is 2.43. The van der Waals surface area contributed by atoms with Crippen LogP contribution in [-0.2, 0) is 22.9 Å². The van der Waals surface area contributed by atoms with Crippen LogP contribution in [0.2, 0.25) is 4.68 Å². The third-order valence-corrected chi connectivity index (χ3v) is 6.15. The first-order valence-electron chi connectivity index (χ1n) is 3.86. The monoisotopic (exact) mass is 694 g/mol. The fourth-order valence-corrected chi connectivity index (χ4v) is 4.60. The van der Waals surface area contributed by atoms with Crippen molar-refractivity contribution in [3.8, 4) is 0 Å². The third kappa shape index (κ3) is 4.12. The van der Waals surface area contributed by atoms with Crippen molar-refractivity contribution in [1.29, 1.82) is 0 Å². The normalized spacial score (nSPS) is 15.6. The van der Waals surface area contributed by atoms with Crippen LogP contribution in [0.15, 0.2) is 30.3 Å². The van der Waals surface area contributed by atoms with Crippen LogP contribution in [0, 0.1) is 0 Å². The van der Waals surface area contributed by atoms with Gasteiger partial charge in [-0.1, -0.05) is 0 Å². The van der Waals surface area contributed by atoms with Crippen LogP contribution in [0.3, 0.4) is 0 Å². The summed E-state index contributed by atoms with van der Waals surface area (Å²) in [6, 6.07) is 8.76. The Bertz CT molecular complexity index is 299. The van der Waals surface area contributed by atoms with Gasteiger partial charge in [0.25, 0.3) is 0 Å². The van der Waals surface area contributed by atoms with E-state index in [1.807, 2.05) is 0 Å². The molecule has 0 aromatic heterocycles. The Labute approximate surface area is 148 Å². The van der Waals surface area contributed by atoms with Crippen LogP contribution in [0.4, 0.5) is 0 Å². The molecule has 0 aliphatic heterocycles. The van der Waals surface area contributed by atoms with Gasteiger partial charge in [-0.3, -0.25) is 0 Å². The molecule has 1 aromatic carbocycles. The van der Waals surface area contributed by atoms with Crippen molar-refractivity contribution in [3.63, 3.8) is 0 Å². The topological polar surface area (TPSA) is 0 Å². The summed E-state index contributed by atoms with van der Waals surface area (Å²) in [6.45, 7) is 0. The number of hydrogen-bond donors (Lipinski definition) is 0. The Balaban J connectivity index is 0. The van der Waals surface area contributed by atoms with E-state index in [1.54, 1.807) is 5.56 Å².